The molecular weight excluding hydrogens is 600 g/mol. The second-order valence-corrected chi connectivity index (χ2v) is 15.3. The Balaban J connectivity index is 1.15. The summed E-state index contributed by atoms with van der Waals surface area (Å²) in [5.74, 6) is 0.548. The minimum atomic E-state index is -0.455. The Morgan fingerprint density at radius 3 is 2.17 bits per heavy atom. The number of nitrogens with one attached hydrogen (secondary N) is 1. The molecular formula is C37H51ClN4O4. The van der Waals surface area contributed by atoms with E-state index in [1.807, 2.05) is 37.8 Å². The van der Waals surface area contributed by atoms with E-state index in [1.54, 1.807) is 18.2 Å². The largest absolute Gasteiger partial charge is 0.489 e. The summed E-state index contributed by atoms with van der Waals surface area (Å²) in [6.07, 6.45) is 5.29. The molecule has 46 heavy (non-hydrogen) atoms. The number of carbonyl (C=O) groups is 2. The second-order valence-electron chi connectivity index (χ2n) is 14.9. The summed E-state index contributed by atoms with van der Waals surface area (Å²) < 4.78 is 11.8. The number of unbranched alkanes of at least 4 members (excludes halogenated alkanes) is 3. The molecule has 0 radical (unpaired) electrons. The Kier molecular flexibility index (Phi) is 11.3. The van der Waals surface area contributed by atoms with Gasteiger partial charge in [0.15, 0.2) is 0 Å². The number of nitrogens with zero attached hydrogens (tertiary/aromatic N) is 3. The SMILES string of the molecule is [C-]#[N+]c1ccc(OC2C(C)(C)C(NC(=O)c3ccc(CCCCCCN4CCN(C(=O)OC(C)(C)C)CC4)cc3)C2(C)C)cc1Cl. The number of hydrogen-bond donors (Lipinski definition) is 1. The van der Waals surface area contributed by atoms with Gasteiger partial charge >= 0.3 is 6.09 Å². The zero-order chi connectivity index (χ0) is 33.7. The number of rotatable bonds is 11. The molecule has 0 aromatic heterocycles. The summed E-state index contributed by atoms with van der Waals surface area (Å²) in [6.45, 7) is 25.7. The normalized spacial score (nSPS) is 20.7. The van der Waals surface area contributed by atoms with E-state index >= 15 is 0 Å². The Bertz CT molecular complexity index is 1390. The van der Waals surface area contributed by atoms with Gasteiger partial charge in [0.25, 0.3) is 5.91 Å². The van der Waals surface area contributed by atoms with Crippen LogP contribution in [0.5, 0.6) is 5.75 Å². The molecule has 250 valence electrons. The van der Waals surface area contributed by atoms with Crippen molar-refractivity contribution in [1.29, 1.82) is 0 Å². The lowest BCUT2D eigenvalue weighted by atomic mass is 9.49. The fraction of sp³-hybridized carbons (Fsp3) is 0.595. The highest BCUT2D eigenvalue weighted by Gasteiger charge is 2.64. The summed E-state index contributed by atoms with van der Waals surface area (Å²) in [4.78, 5) is 33.2. The van der Waals surface area contributed by atoms with Gasteiger partial charge in [0.2, 0.25) is 5.69 Å². The molecule has 0 atom stereocenters. The van der Waals surface area contributed by atoms with E-state index in [0.717, 1.165) is 52.0 Å². The summed E-state index contributed by atoms with van der Waals surface area (Å²) in [5, 5.41) is 3.65. The van der Waals surface area contributed by atoms with E-state index in [-0.39, 0.29) is 35.0 Å². The Labute approximate surface area is 280 Å². The molecule has 1 aliphatic carbocycles. The molecule has 0 bridgehead atoms. The van der Waals surface area contributed by atoms with Crippen LogP contribution in [0.2, 0.25) is 5.02 Å². The molecule has 2 aliphatic rings. The van der Waals surface area contributed by atoms with Gasteiger partial charge < -0.3 is 19.7 Å². The average Bonchev–Trinajstić information content (AvgIpc) is 2.99. The van der Waals surface area contributed by atoms with Crippen LogP contribution < -0.4 is 10.1 Å². The van der Waals surface area contributed by atoms with Crippen LogP contribution in [0.3, 0.4) is 0 Å². The van der Waals surface area contributed by atoms with E-state index in [4.69, 9.17) is 27.6 Å². The van der Waals surface area contributed by atoms with Crippen molar-refractivity contribution in [3.63, 3.8) is 0 Å². The minimum Gasteiger partial charge on any atom is -0.489 e. The molecule has 1 saturated carbocycles. The Morgan fingerprint density at radius 1 is 0.957 bits per heavy atom. The first-order valence-corrected chi connectivity index (χ1v) is 16.9. The molecule has 2 amide bonds. The number of halogens is 1. The van der Waals surface area contributed by atoms with Crippen molar-refractivity contribution < 1.29 is 19.1 Å². The first-order valence-electron chi connectivity index (χ1n) is 16.6. The minimum absolute atomic E-state index is 0.0764. The van der Waals surface area contributed by atoms with Crippen molar-refractivity contribution >= 4 is 29.3 Å². The highest BCUT2D eigenvalue weighted by atomic mass is 35.5. The number of hydrogen-bond acceptors (Lipinski definition) is 5. The van der Waals surface area contributed by atoms with Crippen LogP contribution in [0.25, 0.3) is 4.85 Å². The van der Waals surface area contributed by atoms with Crippen molar-refractivity contribution in [1.82, 2.24) is 15.1 Å². The number of benzene rings is 2. The van der Waals surface area contributed by atoms with E-state index in [1.165, 1.54) is 18.4 Å². The number of amides is 2. The Hall–Kier alpha value is -3.28. The maximum absolute atomic E-state index is 13.3. The predicted octanol–water partition coefficient (Wildman–Crippen LogP) is 8.16. The zero-order valence-corrected chi connectivity index (χ0v) is 29.4. The monoisotopic (exact) mass is 650 g/mol. The maximum atomic E-state index is 13.3. The molecule has 4 rings (SSSR count). The van der Waals surface area contributed by atoms with Crippen LogP contribution >= 0.6 is 11.6 Å². The topological polar surface area (TPSA) is 75.5 Å². The highest BCUT2D eigenvalue weighted by Crippen LogP contribution is 2.55. The molecule has 2 aromatic carbocycles. The summed E-state index contributed by atoms with van der Waals surface area (Å²) in [7, 11) is 0. The molecule has 1 aliphatic heterocycles. The molecule has 2 aromatic rings. The average molecular weight is 651 g/mol. The predicted molar refractivity (Wildman–Crippen MR) is 184 cm³/mol. The first-order chi connectivity index (χ1) is 21.6. The number of ether oxygens (including phenoxy) is 2. The van der Waals surface area contributed by atoms with Crippen molar-refractivity contribution in [2.75, 3.05) is 32.7 Å². The summed E-state index contributed by atoms with van der Waals surface area (Å²) in [5.41, 5.74) is 1.24. The first kappa shape index (κ1) is 35.6. The highest BCUT2D eigenvalue weighted by molar-refractivity contribution is 6.33. The fourth-order valence-electron chi connectivity index (χ4n) is 7.12. The number of piperazine rings is 1. The molecule has 1 heterocycles. The van der Waals surface area contributed by atoms with Gasteiger partial charge in [-0.1, -0.05) is 70.3 Å². The van der Waals surface area contributed by atoms with Crippen molar-refractivity contribution in [3.05, 3.63) is 70.0 Å². The van der Waals surface area contributed by atoms with Gasteiger partial charge in [-0.25, -0.2) is 9.64 Å². The van der Waals surface area contributed by atoms with E-state index < -0.39 is 5.60 Å². The standard InChI is InChI=1S/C37H51ClN4O4/c1-35(2,3)46-34(44)42-23-21-41(22-24-42)20-12-10-9-11-13-26-14-16-27(17-15-26)31(43)40-32-36(4,5)33(37(32,6)7)45-28-18-19-30(39-8)29(38)25-28/h14-19,25,32-33H,9-13,20-24H2,1-7H3,(H,40,43). The van der Waals surface area contributed by atoms with E-state index in [2.05, 4.69) is 54.9 Å². The molecule has 8 nitrogen and oxygen atoms in total. The third-order valence-electron chi connectivity index (χ3n) is 9.34. The van der Waals surface area contributed by atoms with Gasteiger partial charge in [-0.2, -0.15) is 0 Å². The van der Waals surface area contributed by atoms with Gasteiger partial charge in [-0.15, -0.1) is 0 Å². The lowest BCUT2D eigenvalue weighted by Gasteiger charge is -2.63. The molecule has 0 spiro atoms. The van der Waals surface area contributed by atoms with Gasteiger partial charge in [0, 0.05) is 48.6 Å². The van der Waals surface area contributed by atoms with E-state index in [0.29, 0.717) is 22.0 Å². The molecule has 2 fully saturated rings. The molecule has 1 N–H and O–H groups in total. The third kappa shape index (κ3) is 8.74. The molecule has 9 heteroatoms. The molecule has 1 saturated heterocycles. The quantitative estimate of drug-likeness (QED) is 0.196. The number of aryl methyl sites for hydroxylation is 1. The van der Waals surface area contributed by atoms with Gasteiger partial charge in [-0.05, 0) is 76.4 Å². The Morgan fingerprint density at radius 2 is 1.59 bits per heavy atom. The van der Waals surface area contributed by atoms with Crippen LogP contribution in [-0.4, -0.2) is 72.3 Å². The smallest absolute Gasteiger partial charge is 0.410 e. The summed E-state index contributed by atoms with van der Waals surface area (Å²) in [6, 6.07) is 13.0. The number of carbonyl (C=O) groups excluding carboxylic acids is 2. The zero-order valence-electron chi connectivity index (χ0n) is 28.6. The lowest BCUT2D eigenvalue weighted by molar-refractivity contribution is -0.164. The van der Waals surface area contributed by atoms with E-state index in [9.17, 15) is 9.59 Å². The molecule has 0 unspecified atom stereocenters. The third-order valence-corrected chi connectivity index (χ3v) is 9.64. The fourth-order valence-corrected chi connectivity index (χ4v) is 7.34. The maximum Gasteiger partial charge on any atom is 0.410 e. The van der Waals surface area contributed by atoms with Crippen LogP contribution in [0.4, 0.5) is 10.5 Å². The lowest BCUT2D eigenvalue weighted by Crippen LogP contribution is -2.74. The van der Waals surface area contributed by atoms with Crippen LogP contribution in [-0.2, 0) is 11.2 Å². The van der Waals surface area contributed by atoms with Crippen LogP contribution in [0, 0.1) is 17.4 Å². The van der Waals surface area contributed by atoms with Crippen molar-refractivity contribution in [3.8, 4) is 5.75 Å². The van der Waals surface area contributed by atoms with Gasteiger partial charge in [0.1, 0.15) is 17.5 Å². The van der Waals surface area contributed by atoms with Gasteiger partial charge in [0.05, 0.1) is 11.6 Å². The van der Waals surface area contributed by atoms with Crippen molar-refractivity contribution in [2.24, 2.45) is 10.8 Å². The second kappa shape index (κ2) is 14.6. The van der Waals surface area contributed by atoms with Crippen LogP contribution in [0.15, 0.2) is 42.5 Å². The van der Waals surface area contributed by atoms with Gasteiger partial charge in [-0.3, -0.25) is 9.69 Å². The van der Waals surface area contributed by atoms with Crippen LogP contribution in [0.1, 0.15) is 90.1 Å². The summed E-state index contributed by atoms with van der Waals surface area (Å²) >= 11 is 6.23. The van der Waals surface area contributed by atoms with Crippen molar-refractivity contribution in [2.45, 2.75) is 98.3 Å².